The van der Waals surface area contributed by atoms with Crippen LogP contribution < -0.4 is 4.90 Å². The number of thioether (sulfide) groups is 1. The number of aryl methyl sites for hydroxylation is 1. The van der Waals surface area contributed by atoms with Crippen LogP contribution in [0.2, 0.25) is 15.1 Å². The Bertz CT molecular complexity index is 3020. The summed E-state index contributed by atoms with van der Waals surface area (Å²) in [7, 11) is 0. The Labute approximate surface area is 362 Å². The second-order valence-electron chi connectivity index (χ2n) is 15.1. The average Bonchev–Trinajstić information content (AvgIpc) is 3.66. The number of allylic oxidation sites excluding steroid dienone is 1. The first-order valence-corrected chi connectivity index (χ1v) is 21.6. The Kier molecular flexibility index (Phi) is 9.33. The van der Waals surface area contributed by atoms with Gasteiger partial charge in [0.15, 0.2) is 11.6 Å². The Morgan fingerprint density at radius 3 is 2.13 bits per heavy atom. The van der Waals surface area contributed by atoms with Gasteiger partial charge >= 0.3 is 0 Å². The van der Waals surface area contributed by atoms with Crippen LogP contribution in [0.1, 0.15) is 117 Å². The van der Waals surface area contributed by atoms with E-state index in [0.717, 1.165) is 52.0 Å². The van der Waals surface area contributed by atoms with Gasteiger partial charge in [-0.05, 0) is 83.5 Å². The zero-order valence-electron chi connectivity index (χ0n) is 31.7. The number of hydrogen-bond donors (Lipinski definition) is 0. The molecule has 296 valence electrons. The highest BCUT2D eigenvalue weighted by molar-refractivity contribution is 7.99. The fraction of sp³-hybridized carbons (Fsp3) is 0.170. The molecule has 5 aromatic carbocycles. The summed E-state index contributed by atoms with van der Waals surface area (Å²) in [4.78, 5) is 92.6. The van der Waals surface area contributed by atoms with Crippen molar-refractivity contribution in [2.45, 2.75) is 50.0 Å². The molecule has 0 saturated heterocycles. The quantitative estimate of drug-likeness (QED) is 0.0487. The number of unbranched alkanes of at least 4 members (excludes halogenated alkanes) is 1. The lowest BCUT2D eigenvalue weighted by molar-refractivity contribution is 0.0597. The van der Waals surface area contributed by atoms with E-state index >= 15 is 0 Å². The van der Waals surface area contributed by atoms with Crippen LogP contribution >= 0.6 is 46.6 Å². The van der Waals surface area contributed by atoms with E-state index in [1.807, 2.05) is 31.2 Å². The van der Waals surface area contributed by atoms with E-state index in [-0.39, 0.29) is 49.6 Å². The Morgan fingerprint density at radius 2 is 1.43 bits per heavy atom. The van der Waals surface area contributed by atoms with Crippen molar-refractivity contribution in [1.82, 2.24) is 9.88 Å². The number of carbonyl (C=O) groups excluding carboxylic acids is 6. The lowest BCUT2D eigenvalue weighted by atomic mass is 9.93. The highest BCUT2D eigenvalue weighted by Gasteiger charge is 2.45. The molecule has 1 atom stereocenters. The molecule has 0 fully saturated rings. The monoisotopic (exact) mass is 869 g/mol. The molecule has 0 N–H and O–H groups in total. The second kappa shape index (κ2) is 14.5. The molecular formula is C47H30Cl3N3O6S. The van der Waals surface area contributed by atoms with Crippen LogP contribution in [0.5, 0.6) is 0 Å². The average molecular weight is 871 g/mol. The predicted octanol–water partition coefficient (Wildman–Crippen LogP) is 11.0. The number of hydrogen-bond acceptors (Lipinski definition) is 8. The topological polar surface area (TPSA) is 122 Å². The third-order valence-electron chi connectivity index (χ3n) is 11.7. The van der Waals surface area contributed by atoms with Crippen LogP contribution in [0.15, 0.2) is 83.8 Å². The lowest BCUT2D eigenvalue weighted by Crippen LogP contribution is -2.39. The number of anilines is 1. The van der Waals surface area contributed by atoms with Crippen molar-refractivity contribution in [2.75, 3.05) is 10.7 Å². The fourth-order valence-electron chi connectivity index (χ4n) is 8.76. The summed E-state index contributed by atoms with van der Waals surface area (Å²) in [5.74, 6) is -3.99. The first-order valence-electron chi connectivity index (χ1n) is 19.4. The maximum Gasteiger partial charge on any atom is 0.267 e. The van der Waals surface area contributed by atoms with Gasteiger partial charge in [-0.25, -0.2) is 9.88 Å². The molecule has 0 saturated carbocycles. The fourth-order valence-corrected chi connectivity index (χ4v) is 11.0. The van der Waals surface area contributed by atoms with Gasteiger partial charge in [0.1, 0.15) is 5.92 Å². The van der Waals surface area contributed by atoms with Crippen molar-refractivity contribution < 1.29 is 28.8 Å². The highest BCUT2D eigenvalue weighted by atomic mass is 35.5. The number of Topliss-reactive ketones (excluding diaryl/α,β-unsaturated/α-hetero) is 2. The molecule has 0 spiro atoms. The van der Waals surface area contributed by atoms with E-state index in [9.17, 15) is 28.8 Å². The largest absolute Gasteiger partial charge is 0.293 e. The van der Waals surface area contributed by atoms with Crippen molar-refractivity contribution in [3.8, 4) is 0 Å². The molecule has 60 heavy (non-hydrogen) atoms. The van der Waals surface area contributed by atoms with E-state index in [1.54, 1.807) is 54.6 Å². The second-order valence-corrected chi connectivity index (χ2v) is 17.4. The van der Waals surface area contributed by atoms with E-state index in [2.05, 4.69) is 0 Å². The van der Waals surface area contributed by atoms with Crippen molar-refractivity contribution in [3.05, 3.63) is 150 Å². The van der Waals surface area contributed by atoms with E-state index in [4.69, 9.17) is 39.8 Å². The van der Waals surface area contributed by atoms with E-state index < -0.39 is 41.1 Å². The SMILES string of the molecule is CCCCSc1c(Cl)c(Cl)c2c(c1Cl)C(=O)N(c1ccc(CN3C(=O)c4cccc5cccc(c45)C3=O)c3ccc(C4C(=O)c5cc6c(cc5C4=O)CCC=C6)nc13)C2=O. The molecule has 10 rings (SSSR count). The van der Waals surface area contributed by atoms with E-state index in [0.29, 0.717) is 49.2 Å². The molecule has 0 bridgehead atoms. The summed E-state index contributed by atoms with van der Waals surface area (Å²) in [6, 6.07) is 20.4. The van der Waals surface area contributed by atoms with Crippen LogP contribution in [0, 0.1) is 0 Å². The molecule has 4 amide bonds. The number of carbonyl (C=O) groups is 6. The molecule has 3 heterocycles. The van der Waals surface area contributed by atoms with Gasteiger partial charge in [-0.2, -0.15) is 0 Å². The number of halogens is 3. The summed E-state index contributed by atoms with van der Waals surface area (Å²) in [5.41, 5.74) is 3.65. The van der Waals surface area contributed by atoms with Crippen LogP contribution in [0.4, 0.5) is 5.69 Å². The molecule has 2 aliphatic carbocycles. The standard InChI is InChI=1S/C47H30Cl3N3O6S/c1-2-3-18-60-43-38(49)36-35(37(48)39(43)50)46(58)53(47(36)59)32-17-14-25(21-52-44(56)27-12-6-10-22-11-7-13-28(33(22)27)45(52)57)26-15-16-31(51-40(26)32)34-41(54)29-19-23-8-4-5-9-24(23)20-30(29)42(34)55/h4,6-8,10-17,19-20,34H,2-3,5,9,18,21H2,1H3. The number of ketones is 2. The van der Waals surface area contributed by atoms with Crippen LogP contribution in [0.25, 0.3) is 27.8 Å². The van der Waals surface area contributed by atoms with Gasteiger partial charge < -0.3 is 0 Å². The van der Waals surface area contributed by atoms with Crippen molar-refractivity contribution in [2.24, 2.45) is 0 Å². The van der Waals surface area contributed by atoms with Gasteiger partial charge in [0.2, 0.25) is 0 Å². The number of amides is 4. The first-order chi connectivity index (χ1) is 29.0. The number of nitrogens with zero attached hydrogens (tertiary/aromatic N) is 3. The third-order valence-corrected chi connectivity index (χ3v) is 14.4. The van der Waals surface area contributed by atoms with Crippen LogP contribution in [-0.4, -0.2) is 50.8 Å². The minimum absolute atomic E-state index is 0.00538. The smallest absolute Gasteiger partial charge is 0.267 e. The molecule has 1 unspecified atom stereocenters. The summed E-state index contributed by atoms with van der Waals surface area (Å²) in [6.07, 6.45) is 7.31. The summed E-state index contributed by atoms with van der Waals surface area (Å²) < 4.78 is 0. The highest BCUT2D eigenvalue weighted by Crippen LogP contribution is 2.48. The summed E-state index contributed by atoms with van der Waals surface area (Å²) in [6.45, 7) is 1.84. The number of fused-ring (bicyclic) bond motifs is 4. The molecular weight excluding hydrogens is 841 g/mol. The van der Waals surface area contributed by atoms with Gasteiger partial charge in [0.05, 0.1) is 49.6 Å². The van der Waals surface area contributed by atoms with Crippen LogP contribution in [0.3, 0.4) is 0 Å². The van der Waals surface area contributed by atoms with E-state index in [1.165, 1.54) is 17.8 Å². The molecule has 2 aliphatic heterocycles. The molecule has 0 radical (unpaired) electrons. The number of rotatable bonds is 8. The molecule has 6 aromatic rings. The summed E-state index contributed by atoms with van der Waals surface area (Å²) in [5, 5.41) is 1.67. The Balaban J connectivity index is 1.11. The maximum atomic E-state index is 14.5. The molecule has 9 nitrogen and oxygen atoms in total. The van der Waals surface area contributed by atoms with Gasteiger partial charge in [0, 0.05) is 37.9 Å². The maximum absolute atomic E-state index is 14.5. The Hall–Kier alpha value is -5.65. The van der Waals surface area contributed by atoms with Crippen molar-refractivity contribution in [1.29, 1.82) is 0 Å². The van der Waals surface area contributed by atoms with Crippen molar-refractivity contribution >= 4 is 115 Å². The number of aromatic nitrogens is 1. The zero-order valence-corrected chi connectivity index (χ0v) is 34.8. The number of pyridine rings is 1. The molecule has 4 aliphatic rings. The van der Waals surface area contributed by atoms with Gasteiger partial charge in [-0.3, -0.25) is 33.7 Å². The van der Waals surface area contributed by atoms with Gasteiger partial charge in [-0.1, -0.05) is 96.7 Å². The summed E-state index contributed by atoms with van der Waals surface area (Å²) >= 11 is 21.7. The zero-order chi connectivity index (χ0) is 41.7. The normalized spacial score (nSPS) is 16.8. The minimum atomic E-state index is -1.29. The van der Waals surface area contributed by atoms with Crippen LogP contribution in [-0.2, 0) is 13.0 Å². The number of imide groups is 2. The van der Waals surface area contributed by atoms with Gasteiger partial charge in [-0.15, -0.1) is 11.8 Å². The third kappa shape index (κ3) is 5.65. The first kappa shape index (κ1) is 38.5. The molecule has 13 heteroatoms. The predicted molar refractivity (Wildman–Crippen MR) is 233 cm³/mol. The minimum Gasteiger partial charge on any atom is -0.293 e. The number of benzene rings is 5. The molecule has 1 aromatic heterocycles. The lowest BCUT2D eigenvalue weighted by Gasteiger charge is -2.28. The van der Waals surface area contributed by atoms with Gasteiger partial charge in [0.25, 0.3) is 23.6 Å². The van der Waals surface area contributed by atoms with Crippen molar-refractivity contribution in [3.63, 3.8) is 0 Å². The Morgan fingerprint density at radius 1 is 0.750 bits per heavy atom.